The number of nitriles is 1. The first-order chi connectivity index (χ1) is 15.5. The highest BCUT2D eigenvalue weighted by atomic mass is 32.2. The Labute approximate surface area is 189 Å². The first-order valence-corrected chi connectivity index (χ1v) is 11.7. The predicted octanol–water partition coefficient (Wildman–Crippen LogP) is 4.64. The summed E-state index contributed by atoms with van der Waals surface area (Å²) < 4.78 is 17.4. The normalized spacial score (nSPS) is 15.6. The van der Waals surface area contributed by atoms with Gasteiger partial charge >= 0.3 is 0 Å². The number of halogens is 1. The van der Waals surface area contributed by atoms with Crippen molar-refractivity contribution in [2.45, 2.75) is 56.6 Å². The summed E-state index contributed by atoms with van der Waals surface area (Å²) in [4.78, 5) is 12.9. The number of hydrogen-bond acceptors (Lipinski definition) is 5. The van der Waals surface area contributed by atoms with Crippen LogP contribution in [0.25, 0.3) is 5.69 Å². The number of thioether (sulfide) groups is 1. The second-order valence-electron chi connectivity index (χ2n) is 8.41. The van der Waals surface area contributed by atoms with Crippen LogP contribution in [0.4, 0.5) is 10.2 Å². The average molecular weight is 451 g/mol. The fraction of sp³-hybridized carbons (Fsp3) is 0.391. The Bertz CT molecular complexity index is 1230. The molecule has 0 radical (unpaired) electrons. The Morgan fingerprint density at radius 2 is 1.94 bits per heavy atom. The predicted molar refractivity (Wildman–Crippen MR) is 120 cm³/mol. The van der Waals surface area contributed by atoms with E-state index in [1.165, 1.54) is 23.9 Å². The number of rotatable bonds is 7. The van der Waals surface area contributed by atoms with Gasteiger partial charge in [-0.25, -0.2) is 4.39 Å². The van der Waals surface area contributed by atoms with Gasteiger partial charge in [0.2, 0.25) is 5.91 Å². The number of carbonyl (C=O) groups is 1. The lowest BCUT2D eigenvalue weighted by atomic mass is 10.2. The van der Waals surface area contributed by atoms with Crippen LogP contribution in [-0.4, -0.2) is 31.0 Å². The molecule has 1 N–H and O–H groups in total. The molecular weight excluding hydrogens is 427 g/mol. The van der Waals surface area contributed by atoms with Crippen LogP contribution in [0.1, 0.15) is 60.3 Å². The zero-order valence-corrected chi connectivity index (χ0v) is 18.7. The molecule has 5 rings (SSSR count). The zero-order valence-electron chi connectivity index (χ0n) is 17.9. The summed E-state index contributed by atoms with van der Waals surface area (Å²) in [5.41, 5.74) is 2.68. The molecule has 2 aromatic heterocycles. The lowest BCUT2D eigenvalue weighted by molar-refractivity contribution is -0.113. The van der Waals surface area contributed by atoms with Gasteiger partial charge in [0.05, 0.1) is 11.3 Å². The minimum atomic E-state index is -0.344. The molecule has 0 unspecified atom stereocenters. The van der Waals surface area contributed by atoms with Crippen molar-refractivity contribution in [3.05, 3.63) is 52.7 Å². The summed E-state index contributed by atoms with van der Waals surface area (Å²) in [5.74, 6) is 1.55. The molecular formula is C23H23FN6OS. The zero-order chi connectivity index (χ0) is 22.4. The maximum Gasteiger partial charge on any atom is 0.236 e. The van der Waals surface area contributed by atoms with E-state index in [4.69, 9.17) is 0 Å². The van der Waals surface area contributed by atoms with Crippen LogP contribution >= 0.6 is 11.8 Å². The minimum Gasteiger partial charge on any atom is -0.310 e. The molecule has 2 aliphatic carbocycles. The SMILES string of the molecule is Cc1c(C#N)c(NC(=O)CSc2nnc(C3CC3)n2C2CC2)n(-c2ccc(F)cc2)c1C. The van der Waals surface area contributed by atoms with E-state index < -0.39 is 0 Å². The monoisotopic (exact) mass is 450 g/mol. The fourth-order valence-electron chi connectivity index (χ4n) is 3.95. The van der Waals surface area contributed by atoms with Crippen LogP contribution in [0.3, 0.4) is 0 Å². The van der Waals surface area contributed by atoms with Crippen LogP contribution in [0.5, 0.6) is 0 Å². The lowest BCUT2D eigenvalue weighted by Gasteiger charge is -2.13. The molecule has 0 bridgehead atoms. The second kappa shape index (κ2) is 8.10. The lowest BCUT2D eigenvalue weighted by Crippen LogP contribution is -2.18. The van der Waals surface area contributed by atoms with Crippen LogP contribution in [0, 0.1) is 31.0 Å². The van der Waals surface area contributed by atoms with E-state index in [0.29, 0.717) is 29.0 Å². The summed E-state index contributed by atoms with van der Waals surface area (Å²) in [7, 11) is 0. The second-order valence-corrected chi connectivity index (χ2v) is 9.35. The third-order valence-corrected chi connectivity index (χ3v) is 6.99. The number of carbonyl (C=O) groups excluding carboxylic acids is 1. The van der Waals surface area contributed by atoms with Gasteiger partial charge in [-0.3, -0.25) is 9.36 Å². The van der Waals surface area contributed by atoms with Gasteiger partial charge < -0.3 is 9.88 Å². The van der Waals surface area contributed by atoms with Crippen molar-refractivity contribution in [3.63, 3.8) is 0 Å². The van der Waals surface area contributed by atoms with Gasteiger partial charge in [-0.05, 0) is 69.4 Å². The molecule has 1 aromatic carbocycles. The molecule has 0 atom stereocenters. The van der Waals surface area contributed by atoms with E-state index in [1.54, 1.807) is 16.7 Å². The van der Waals surface area contributed by atoms with Gasteiger partial charge in [0.1, 0.15) is 23.5 Å². The van der Waals surface area contributed by atoms with E-state index >= 15 is 0 Å². The smallest absolute Gasteiger partial charge is 0.236 e. The van der Waals surface area contributed by atoms with E-state index in [1.807, 2.05) is 13.8 Å². The fourth-order valence-corrected chi connectivity index (χ4v) is 4.77. The number of nitrogens with one attached hydrogen (secondary N) is 1. The van der Waals surface area contributed by atoms with E-state index in [2.05, 4.69) is 26.2 Å². The van der Waals surface area contributed by atoms with Crippen molar-refractivity contribution in [2.24, 2.45) is 0 Å². The Kier molecular flexibility index (Phi) is 5.25. The summed E-state index contributed by atoms with van der Waals surface area (Å²) in [6.45, 7) is 3.72. The highest BCUT2D eigenvalue weighted by Gasteiger charge is 2.36. The molecule has 1 amide bonds. The number of aromatic nitrogens is 4. The van der Waals surface area contributed by atoms with Gasteiger partial charge in [0.15, 0.2) is 5.16 Å². The van der Waals surface area contributed by atoms with E-state index in [0.717, 1.165) is 47.9 Å². The molecule has 2 aliphatic rings. The number of hydrogen-bond donors (Lipinski definition) is 1. The Morgan fingerprint density at radius 3 is 2.56 bits per heavy atom. The molecule has 2 fully saturated rings. The third kappa shape index (κ3) is 3.79. The maximum absolute atomic E-state index is 13.4. The summed E-state index contributed by atoms with van der Waals surface area (Å²) in [6.07, 6.45) is 4.58. The van der Waals surface area contributed by atoms with Crippen molar-refractivity contribution >= 4 is 23.5 Å². The molecule has 2 saturated carbocycles. The van der Waals surface area contributed by atoms with Gasteiger partial charge in [-0.2, -0.15) is 5.26 Å². The van der Waals surface area contributed by atoms with Crippen molar-refractivity contribution in [1.29, 1.82) is 5.26 Å². The third-order valence-electron chi connectivity index (χ3n) is 6.05. The summed E-state index contributed by atoms with van der Waals surface area (Å²) in [5, 5.41) is 22.1. The summed E-state index contributed by atoms with van der Waals surface area (Å²) >= 11 is 1.37. The molecule has 32 heavy (non-hydrogen) atoms. The Morgan fingerprint density at radius 1 is 1.22 bits per heavy atom. The van der Waals surface area contributed by atoms with Crippen LogP contribution in [0.15, 0.2) is 29.4 Å². The van der Waals surface area contributed by atoms with E-state index in [9.17, 15) is 14.4 Å². The number of anilines is 1. The highest BCUT2D eigenvalue weighted by molar-refractivity contribution is 7.99. The van der Waals surface area contributed by atoms with Crippen LogP contribution < -0.4 is 5.32 Å². The van der Waals surface area contributed by atoms with Crippen molar-refractivity contribution in [3.8, 4) is 11.8 Å². The largest absolute Gasteiger partial charge is 0.310 e. The molecule has 0 spiro atoms. The molecule has 0 aliphatic heterocycles. The van der Waals surface area contributed by atoms with Crippen molar-refractivity contribution in [1.82, 2.24) is 19.3 Å². The van der Waals surface area contributed by atoms with Crippen molar-refractivity contribution in [2.75, 3.05) is 11.1 Å². The number of benzene rings is 1. The number of nitrogens with zero attached hydrogens (tertiary/aromatic N) is 5. The first kappa shape index (κ1) is 20.8. The standard InChI is InChI=1S/C23H23FN6OS/c1-13-14(2)29(17-7-5-16(24)6-8-17)22(19(13)11-25)26-20(31)12-32-23-28-27-21(15-3-4-15)30(23)18-9-10-18/h5-8,15,18H,3-4,9-10,12H2,1-2H3,(H,26,31). The van der Waals surface area contributed by atoms with Gasteiger partial charge in [-0.1, -0.05) is 11.8 Å². The number of amides is 1. The van der Waals surface area contributed by atoms with Gasteiger partial charge in [0, 0.05) is 23.3 Å². The Balaban J connectivity index is 1.37. The molecule has 7 nitrogen and oxygen atoms in total. The van der Waals surface area contributed by atoms with Gasteiger partial charge in [-0.15, -0.1) is 10.2 Å². The van der Waals surface area contributed by atoms with Crippen LogP contribution in [0.2, 0.25) is 0 Å². The molecule has 2 heterocycles. The highest BCUT2D eigenvalue weighted by Crippen LogP contribution is 2.46. The van der Waals surface area contributed by atoms with Crippen molar-refractivity contribution < 1.29 is 9.18 Å². The molecule has 164 valence electrons. The van der Waals surface area contributed by atoms with E-state index in [-0.39, 0.29) is 17.5 Å². The topological polar surface area (TPSA) is 88.5 Å². The molecule has 0 saturated heterocycles. The Hall–Kier alpha value is -3.12. The first-order valence-electron chi connectivity index (χ1n) is 10.7. The van der Waals surface area contributed by atoms with Gasteiger partial charge in [0.25, 0.3) is 0 Å². The van der Waals surface area contributed by atoms with Crippen LogP contribution in [-0.2, 0) is 4.79 Å². The average Bonchev–Trinajstić information content (AvgIpc) is 3.72. The summed E-state index contributed by atoms with van der Waals surface area (Å²) in [6, 6.07) is 8.63. The maximum atomic E-state index is 13.4. The molecule has 3 aromatic rings. The quantitative estimate of drug-likeness (QED) is 0.530. The minimum absolute atomic E-state index is 0.160. The molecule has 9 heteroatoms.